The minimum absolute atomic E-state index is 0.0625. The fraction of sp³-hybridized carbons (Fsp3) is 0.393. The zero-order valence-corrected chi connectivity index (χ0v) is 20.7. The molecule has 1 heterocycles. The molecule has 0 saturated heterocycles. The molecule has 8 heteroatoms. The number of ketones is 3. The van der Waals surface area contributed by atoms with E-state index in [1.165, 1.54) is 6.92 Å². The molecule has 0 bridgehead atoms. The number of carbonyl (C=O) groups is 3. The number of allylic oxidation sites excluding steroid dienone is 1. The number of phenols is 1. The lowest BCUT2D eigenvalue weighted by atomic mass is 9.57. The molecule has 0 spiro atoms. The first-order chi connectivity index (χ1) is 17.0. The van der Waals surface area contributed by atoms with Gasteiger partial charge in [-0.2, -0.15) is 0 Å². The van der Waals surface area contributed by atoms with Gasteiger partial charge in [0.25, 0.3) is 0 Å². The Balaban J connectivity index is 1.72. The van der Waals surface area contributed by atoms with Crippen LogP contribution in [0.15, 0.2) is 45.8 Å². The summed E-state index contributed by atoms with van der Waals surface area (Å²) in [5.74, 6) is -4.02. The van der Waals surface area contributed by atoms with Crippen LogP contribution in [0.5, 0.6) is 5.75 Å². The molecule has 0 amide bonds. The minimum Gasteiger partial charge on any atom is -0.507 e. The van der Waals surface area contributed by atoms with Crippen LogP contribution < -0.4 is 0 Å². The van der Waals surface area contributed by atoms with Crippen molar-refractivity contribution in [3.8, 4) is 16.9 Å². The molecule has 0 aliphatic heterocycles. The molecule has 3 aliphatic carbocycles. The van der Waals surface area contributed by atoms with Gasteiger partial charge in [-0.05, 0) is 76.4 Å². The van der Waals surface area contributed by atoms with E-state index in [4.69, 9.17) is 4.42 Å². The SMILES string of the molecule is CC(=O)C1=C(C)C[C@@H]2C[C@@H]3Cc4c(-c5ccoc5)cc(CN(C)C)c(O)c4C(O)=C3C(=O)[C@]2(O)C1=O. The molecule has 188 valence electrons. The number of aromatic hydroxyl groups is 1. The third-order valence-corrected chi connectivity index (χ3v) is 7.81. The number of phenolic OH excluding ortho intramolecular Hbond substituents is 1. The Kier molecular flexibility index (Phi) is 5.57. The number of benzene rings is 1. The monoisotopic (exact) mass is 491 g/mol. The number of carbonyl (C=O) groups excluding carboxylic acids is 3. The Hall–Kier alpha value is -3.49. The largest absolute Gasteiger partial charge is 0.507 e. The van der Waals surface area contributed by atoms with Gasteiger partial charge >= 0.3 is 0 Å². The maximum absolute atomic E-state index is 13.8. The van der Waals surface area contributed by atoms with Crippen molar-refractivity contribution in [3.05, 3.63) is 58.1 Å². The van der Waals surface area contributed by atoms with Gasteiger partial charge in [0, 0.05) is 29.2 Å². The molecule has 1 fully saturated rings. The van der Waals surface area contributed by atoms with Crippen molar-refractivity contribution in [2.75, 3.05) is 14.1 Å². The quantitative estimate of drug-likeness (QED) is 0.439. The molecule has 1 aromatic carbocycles. The maximum Gasteiger partial charge on any atom is 0.206 e. The van der Waals surface area contributed by atoms with Crippen molar-refractivity contribution < 1.29 is 34.1 Å². The van der Waals surface area contributed by atoms with E-state index in [1.807, 2.05) is 25.1 Å². The van der Waals surface area contributed by atoms with Crippen LogP contribution in [0.4, 0.5) is 0 Å². The van der Waals surface area contributed by atoms with Crippen LogP contribution in [0.3, 0.4) is 0 Å². The lowest BCUT2D eigenvalue weighted by molar-refractivity contribution is -0.157. The van der Waals surface area contributed by atoms with E-state index in [1.54, 1.807) is 25.5 Å². The number of rotatable bonds is 4. The van der Waals surface area contributed by atoms with Gasteiger partial charge in [-0.1, -0.05) is 5.57 Å². The van der Waals surface area contributed by atoms with E-state index in [9.17, 15) is 29.7 Å². The van der Waals surface area contributed by atoms with E-state index in [0.717, 1.165) is 11.1 Å². The van der Waals surface area contributed by atoms with Gasteiger partial charge in [0.15, 0.2) is 11.4 Å². The Bertz CT molecular complexity index is 1380. The van der Waals surface area contributed by atoms with Gasteiger partial charge < -0.3 is 24.6 Å². The standard InChI is InChI=1S/C28H29NO7/c1-13-7-18-8-16-9-20-19(15-5-6-36-12-15)10-17(11-29(3)4)24(31)23(20)25(32)22(16)27(34)28(18,35)26(33)21(13)14(2)30/h5-6,10,12,16,18,31-32,35H,7-9,11H2,1-4H3/t16-,18-,28-/m1/s1. The lowest BCUT2D eigenvalue weighted by Gasteiger charge is -2.46. The summed E-state index contributed by atoms with van der Waals surface area (Å²) in [6.45, 7) is 3.30. The molecule has 3 N–H and O–H groups in total. The molecule has 3 aliphatic rings. The van der Waals surface area contributed by atoms with Crippen LogP contribution in [0.1, 0.15) is 43.4 Å². The van der Waals surface area contributed by atoms with Crippen LogP contribution in [0.25, 0.3) is 16.9 Å². The number of furan rings is 1. The topological polar surface area (TPSA) is 128 Å². The molecular formula is C28H29NO7. The molecule has 3 atom stereocenters. The summed E-state index contributed by atoms with van der Waals surface area (Å²) in [6, 6.07) is 3.67. The smallest absolute Gasteiger partial charge is 0.206 e. The Morgan fingerprint density at radius 2 is 1.92 bits per heavy atom. The molecular weight excluding hydrogens is 462 g/mol. The number of nitrogens with zero attached hydrogens (tertiary/aromatic N) is 1. The summed E-state index contributed by atoms with van der Waals surface area (Å²) in [5.41, 5.74) is 0.860. The van der Waals surface area contributed by atoms with E-state index in [-0.39, 0.29) is 35.3 Å². The highest BCUT2D eigenvalue weighted by Gasteiger charge is 2.60. The Morgan fingerprint density at radius 1 is 1.19 bits per heavy atom. The number of hydrogen-bond acceptors (Lipinski definition) is 8. The molecule has 1 saturated carbocycles. The molecule has 2 aromatic rings. The van der Waals surface area contributed by atoms with E-state index < -0.39 is 40.5 Å². The van der Waals surface area contributed by atoms with Crippen LogP contribution in [0.2, 0.25) is 0 Å². The van der Waals surface area contributed by atoms with Crippen molar-refractivity contribution in [2.45, 2.75) is 45.3 Å². The predicted molar refractivity (Wildman–Crippen MR) is 131 cm³/mol. The summed E-state index contributed by atoms with van der Waals surface area (Å²) in [4.78, 5) is 41.1. The van der Waals surface area contributed by atoms with E-state index >= 15 is 0 Å². The lowest BCUT2D eigenvalue weighted by Crippen LogP contribution is -2.61. The van der Waals surface area contributed by atoms with Gasteiger partial charge in [-0.25, -0.2) is 0 Å². The zero-order chi connectivity index (χ0) is 26.1. The maximum atomic E-state index is 13.8. The number of fused-ring (bicyclic) bond motifs is 3. The van der Waals surface area contributed by atoms with Gasteiger partial charge in [-0.15, -0.1) is 0 Å². The highest BCUT2D eigenvalue weighted by Crippen LogP contribution is 2.53. The molecule has 1 aromatic heterocycles. The second-order valence-corrected chi connectivity index (χ2v) is 10.5. The van der Waals surface area contributed by atoms with Gasteiger partial charge in [-0.3, -0.25) is 14.4 Å². The van der Waals surface area contributed by atoms with Crippen molar-refractivity contribution in [1.29, 1.82) is 0 Å². The normalized spacial score (nSPS) is 25.7. The molecule has 36 heavy (non-hydrogen) atoms. The highest BCUT2D eigenvalue weighted by molar-refractivity contribution is 6.33. The van der Waals surface area contributed by atoms with Crippen LogP contribution in [0, 0.1) is 11.8 Å². The van der Waals surface area contributed by atoms with Crippen LogP contribution in [-0.4, -0.2) is 57.3 Å². The summed E-state index contributed by atoms with van der Waals surface area (Å²) in [5, 5.41) is 34.2. The summed E-state index contributed by atoms with van der Waals surface area (Å²) < 4.78 is 5.29. The number of aliphatic hydroxyl groups is 2. The fourth-order valence-corrected chi connectivity index (χ4v) is 6.28. The predicted octanol–water partition coefficient (Wildman–Crippen LogP) is 3.35. The van der Waals surface area contributed by atoms with Crippen LogP contribution >= 0.6 is 0 Å². The second-order valence-electron chi connectivity index (χ2n) is 10.5. The summed E-state index contributed by atoms with van der Waals surface area (Å²) >= 11 is 0. The van der Waals surface area contributed by atoms with Crippen LogP contribution in [-0.2, 0) is 27.3 Å². The van der Waals surface area contributed by atoms with E-state index in [2.05, 4.69) is 0 Å². The average Bonchev–Trinajstić information content (AvgIpc) is 3.32. The minimum atomic E-state index is -2.41. The zero-order valence-electron chi connectivity index (χ0n) is 20.7. The molecule has 0 unspecified atom stereocenters. The third kappa shape index (κ3) is 3.32. The fourth-order valence-electron chi connectivity index (χ4n) is 6.28. The Labute approximate surface area is 208 Å². The third-order valence-electron chi connectivity index (χ3n) is 7.81. The van der Waals surface area contributed by atoms with Crippen molar-refractivity contribution >= 4 is 23.1 Å². The Morgan fingerprint density at radius 3 is 2.53 bits per heavy atom. The van der Waals surface area contributed by atoms with E-state index in [0.29, 0.717) is 29.7 Å². The molecule has 0 radical (unpaired) electrons. The number of hydrogen-bond donors (Lipinski definition) is 3. The number of aliphatic hydroxyl groups excluding tert-OH is 1. The van der Waals surface area contributed by atoms with Crippen molar-refractivity contribution in [2.24, 2.45) is 11.8 Å². The first kappa shape index (κ1) is 24.2. The summed E-state index contributed by atoms with van der Waals surface area (Å²) in [7, 11) is 3.70. The van der Waals surface area contributed by atoms with Gasteiger partial charge in [0.05, 0.1) is 23.7 Å². The molecule has 5 rings (SSSR count). The van der Waals surface area contributed by atoms with Gasteiger partial charge in [0.1, 0.15) is 11.5 Å². The highest BCUT2D eigenvalue weighted by atomic mass is 16.3. The second kappa shape index (κ2) is 8.28. The molecule has 8 nitrogen and oxygen atoms in total. The van der Waals surface area contributed by atoms with Crippen molar-refractivity contribution in [3.63, 3.8) is 0 Å². The average molecular weight is 492 g/mol. The van der Waals surface area contributed by atoms with Crippen molar-refractivity contribution in [1.82, 2.24) is 4.90 Å². The first-order valence-corrected chi connectivity index (χ1v) is 12.0. The summed E-state index contributed by atoms with van der Waals surface area (Å²) in [6.07, 6.45) is 3.98. The number of Topliss-reactive ketones (excluding diaryl/α,β-unsaturated/α-hetero) is 3. The first-order valence-electron chi connectivity index (χ1n) is 12.0. The van der Waals surface area contributed by atoms with Gasteiger partial charge in [0.2, 0.25) is 11.6 Å².